The Kier molecular flexibility index (Phi) is 7.84. The zero-order valence-corrected chi connectivity index (χ0v) is 17.9. The van der Waals surface area contributed by atoms with Crippen molar-refractivity contribution < 1.29 is 4.74 Å². The van der Waals surface area contributed by atoms with Crippen molar-refractivity contribution in [3.8, 4) is 5.75 Å². The topological polar surface area (TPSA) is 36.9 Å². The Hall–Kier alpha value is -0.980. The molecule has 25 heavy (non-hydrogen) atoms. The molecule has 1 aliphatic carbocycles. The van der Waals surface area contributed by atoms with E-state index >= 15 is 0 Å². The first-order valence-electron chi connectivity index (χ1n) is 9.41. The smallest absolute Gasteiger partial charge is 0.193 e. The molecule has 1 aromatic rings. The van der Waals surface area contributed by atoms with Gasteiger partial charge in [-0.1, -0.05) is 18.6 Å². The second kappa shape index (κ2) is 9.64. The number of aryl methyl sites for hydroxylation is 1. The minimum atomic E-state index is 0. The Morgan fingerprint density at radius 2 is 2.16 bits per heavy atom. The molecule has 1 aromatic carbocycles. The fourth-order valence-electron chi connectivity index (χ4n) is 3.92. The van der Waals surface area contributed by atoms with Crippen LogP contribution in [0.4, 0.5) is 0 Å². The Morgan fingerprint density at radius 1 is 1.32 bits per heavy atom. The van der Waals surface area contributed by atoms with Gasteiger partial charge < -0.3 is 15.0 Å². The number of guanidine groups is 1. The quantitative estimate of drug-likeness (QED) is 0.303. The molecule has 2 aliphatic rings. The second-order valence-corrected chi connectivity index (χ2v) is 7.22. The van der Waals surface area contributed by atoms with Gasteiger partial charge in [-0.05, 0) is 62.1 Å². The van der Waals surface area contributed by atoms with Crippen LogP contribution >= 0.6 is 24.0 Å². The van der Waals surface area contributed by atoms with Gasteiger partial charge >= 0.3 is 0 Å². The number of nitrogens with one attached hydrogen (secondary N) is 1. The van der Waals surface area contributed by atoms with Crippen LogP contribution in [0.2, 0.25) is 0 Å². The summed E-state index contributed by atoms with van der Waals surface area (Å²) in [6.07, 6.45) is 7.71. The highest BCUT2D eigenvalue weighted by Gasteiger charge is 2.43. The van der Waals surface area contributed by atoms with Crippen molar-refractivity contribution in [1.82, 2.24) is 10.2 Å². The number of hydrogen-bond donors (Lipinski definition) is 1. The summed E-state index contributed by atoms with van der Waals surface area (Å²) in [6.45, 7) is 6.35. The second-order valence-electron chi connectivity index (χ2n) is 7.22. The monoisotopic (exact) mass is 457 g/mol. The molecule has 1 aliphatic heterocycles. The summed E-state index contributed by atoms with van der Waals surface area (Å²) < 4.78 is 5.29. The van der Waals surface area contributed by atoms with Crippen LogP contribution in [0.1, 0.15) is 44.6 Å². The summed E-state index contributed by atoms with van der Waals surface area (Å²) in [5.41, 5.74) is 1.95. The highest BCUT2D eigenvalue weighted by molar-refractivity contribution is 14.0. The molecule has 2 fully saturated rings. The number of methoxy groups -OCH3 is 1. The van der Waals surface area contributed by atoms with Crippen molar-refractivity contribution in [3.05, 3.63) is 29.8 Å². The van der Waals surface area contributed by atoms with E-state index in [0.29, 0.717) is 5.41 Å². The molecule has 140 valence electrons. The molecule has 1 N–H and O–H groups in total. The normalized spacial score (nSPS) is 18.6. The van der Waals surface area contributed by atoms with Gasteiger partial charge in [0.05, 0.1) is 7.11 Å². The lowest BCUT2D eigenvalue weighted by molar-refractivity contribution is 0.151. The highest BCUT2D eigenvalue weighted by Crippen LogP contribution is 2.47. The average molecular weight is 457 g/mol. The lowest BCUT2D eigenvalue weighted by atomic mass is 9.68. The largest absolute Gasteiger partial charge is 0.497 e. The van der Waals surface area contributed by atoms with Gasteiger partial charge in [-0.3, -0.25) is 4.99 Å². The maximum absolute atomic E-state index is 5.29. The molecule has 1 saturated carbocycles. The van der Waals surface area contributed by atoms with Crippen molar-refractivity contribution in [3.63, 3.8) is 0 Å². The number of hydrogen-bond acceptors (Lipinski definition) is 2. The zero-order valence-electron chi connectivity index (χ0n) is 15.6. The molecule has 0 radical (unpaired) electrons. The summed E-state index contributed by atoms with van der Waals surface area (Å²) in [5, 5.41) is 3.48. The molecular formula is C20H32IN3O. The van der Waals surface area contributed by atoms with Gasteiger partial charge in [0.1, 0.15) is 5.75 Å². The average Bonchev–Trinajstić information content (AvgIpc) is 3.04. The van der Waals surface area contributed by atoms with E-state index in [-0.39, 0.29) is 24.0 Å². The molecule has 5 heteroatoms. The van der Waals surface area contributed by atoms with Crippen LogP contribution in [-0.2, 0) is 6.42 Å². The van der Waals surface area contributed by atoms with Crippen molar-refractivity contribution >= 4 is 29.9 Å². The molecule has 0 amide bonds. The van der Waals surface area contributed by atoms with Crippen LogP contribution in [0.25, 0.3) is 0 Å². The summed E-state index contributed by atoms with van der Waals surface area (Å²) in [4.78, 5) is 7.36. The first kappa shape index (κ1) is 20.3. The van der Waals surface area contributed by atoms with Gasteiger partial charge in [-0.15, -0.1) is 24.0 Å². The molecule has 1 heterocycles. The molecule has 1 saturated heterocycles. The first-order chi connectivity index (χ1) is 11.7. The van der Waals surface area contributed by atoms with E-state index in [1.54, 1.807) is 7.11 Å². The number of likely N-dealkylation sites (tertiary alicyclic amines) is 1. The summed E-state index contributed by atoms with van der Waals surface area (Å²) in [7, 11) is 1.72. The van der Waals surface area contributed by atoms with Crippen LogP contribution in [0, 0.1) is 5.41 Å². The highest BCUT2D eigenvalue weighted by atomic mass is 127. The van der Waals surface area contributed by atoms with Gasteiger partial charge in [0.15, 0.2) is 5.96 Å². The SMILES string of the molecule is CCNC(=NCCCc1cccc(OC)c1)N1CCC2(CCC2)C1.I. The minimum absolute atomic E-state index is 0. The third kappa shape index (κ3) is 5.25. The van der Waals surface area contributed by atoms with E-state index in [2.05, 4.69) is 35.3 Å². The Labute approximate surface area is 169 Å². The van der Waals surface area contributed by atoms with Gasteiger partial charge in [0, 0.05) is 26.2 Å². The van der Waals surface area contributed by atoms with Crippen LogP contribution in [0.3, 0.4) is 0 Å². The van der Waals surface area contributed by atoms with Crippen LogP contribution in [0.5, 0.6) is 5.75 Å². The Bertz CT molecular complexity index is 572. The molecule has 0 bridgehead atoms. The molecule has 0 aromatic heterocycles. The molecule has 4 nitrogen and oxygen atoms in total. The van der Waals surface area contributed by atoms with E-state index in [1.165, 1.54) is 44.3 Å². The third-order valence-corrected chi connectivity index (χ3v) is 5.51. The van der Waals surface area contributed by atoms with E-state index in [1.807, 2.05) is 6.07 Å². The predicted molar refractivity (Wildman–Crippen MR) is 115 cm³/mol. The molecule has 0 unspecified atom stereocenters. The van der Waals surface area contributed by atoms with Crippen molar-refractivity contribution in [2.24, 2.45) is 10.4 Å². The van der Waals surface area contributed by atoms with Crippen LogP contribution < -0.4 is 10.1 Å². The van der Waals surface area contributed by atoms with Gasteiger partial charge in [-0.25, -0.2) is 0 Å². The fourth-order valence-corrected chi connectivity index (χ4v) is 3.92. The van der Waals surface area contributed by atoms with Crippen molar-refractivity contribution in [2.75, 3.05) is 33.3 Å². The summed E-state index contributed by atoms with van der Waals surface area (Å²) >= 11 is 0. The zero-order chi connectivity index (χ0) is 16.8. The van der Waals surface area contributed by atoms with Crippen molar-refractivity contribution in [1.29, 1.82) is 0 Å². The fraction of sp³-hybridized carbons (Fsp3) is 0.650. The van der Waals surface area contributed by atoms with Gasteiger partial charge in [-0.2, -0.15) is 0 Å². The molecule has 1 spiro atoms. The molecular weight excluding hydrogens is 425 g/mol. The summed E-state index contributed by atoms with van der Waals surface area (Å²) in [5.74, 6) is 2.05. The van der Waals surface area contributed by atoms with E-state index in [0.717, 1.165) is 37.6 Å². The number of halogens is 1. The van der Waals surface area contributed by atoms with Crippen LogP contribution in [0.15, 0.2) is 29.3 Å². The lowest BCUT2D eigenvalue weighted by Gasteiger charge is -2.38. The van der Waals surface area contributed by atoms with E-state index in [9.17, 15) is 0 Å². The maximum atomic E-state index is 5.29. The molecule has 3 rings (SSSR count). The number of ether oxygens (including phenoxy) is 1. The predicted octanol–water partition coefficient (Wildman–Crippen LogP) is 4.09. The maximum Gasteiger partial charge on any atom is 0.193 e. The summed E-state index contributed by atoms with van der Waals surface area (Å²) in [6, 6.07) is 8.34. The van der Waals surface area contributed by atoms with Gasteiger partial charge in [0.2, 0.25) is 0 Å². The first-order valence-corrected chi connectivity index (χ1v) is 9.41. The third-order valence-electron chi connectivity index (χ3n) is 5.51. The number of nitrogens with zero attached hydrogens (tertiary/aromatic N) is 2. The van der Waals surface area contributed by atoms with Gasteiger partial charge in [0.25, 0.3) is 0 Å². The minimum Gasteiger partial charge on any atom is -0.497 e. The van der Waals surface area contributed by atoms with E-state index < -0.39 is 0 Å². The lowest BCUT2D eigenvalue weighted by Crippen LogP contribution is -2.42. The standard InChI is InChI=1S/C20H31N3O.HI/c1-3-21-19(23-14-12-20(16-23)10-6-11-20)22-13-5-8-17-7-4-9-18(15-17)24-2;/h4,7,9,15H,3,5-6,8,10-14,16H2,1-2H3,(H,21,22);1H. The Morgan fingerprint density at radius 3 is 2.80 bits per heavy atom. The Balaban J connectivity index is 0.00000225. The number of aliphatic imine (C=N–C) groups is 1. The number of benzene rings is 1. The van der Waals surface area contributed by atoms with Crippen LogP contribution in [-0.4, -0.2) is 44.1 Å². The van der Waals surface area contributed by atoms with E-state index in [4.69, 9.17) is 9.73 Å². The van der Waals surface area contributed by atoms with Crippen molar-refractivity contribution in [2.45, 2.75) is 45.4 Å². The number of rotatable bonds is 6. The molecule has 0 atom stereocenters.